The maximum absolute atomic E-state index is 11.9. The Bertz CT molecular complexity index is 447. The second-order valence-electron chi connectivity index (χ2n) is 3.04. The van der Waals surface area contributed by atoms with Gasteiger partial charge in [-0.15, -0.1) is 13.2 Å². The van der Waals surface area contributed by atoms with Gasteiger partial charge in [-0.25, -0.2) is 4.98 Å². The number of nitro groups is 1. The van der Waals surface area contributed by atoms with Gasteiger partial charge in [-0.3, -0.25) is 10.1 Å². The van der Waals surface area contributed by atoms with Crippen molar-refractivity contribution in [3.05, 3.63) is 27.4 Å². The number of rotatable bonds is 3. The highest BCUT2D eigenvalue weighted by molar-refractivity contribution is 5.45. The topological polar surface area (TPSA) is 85.5 Å². The number of nitrogens with zero attached hydrogens (tertiary/aromatic N) is 2. The molecule has 0 fully saturated rings. The van der Waals surface area contributed by atoms with Crippen molar-refractivity contribution in [1.82, 2.24) is 4.98 Å². The van der Waals surface area contributed by atoms with E-state index in [1.165, 1.54) is 6.92 Å². The van der Waals surface area contributed by atoms with E-state index in [0.29, 0.717) is 0 Å². The van der Waals surface area contributed by atoms with Crippen molar-refractivity contribution >= 4 is 5.69 Å². The number of aliphatic hydroxyl groups excluding tert-OH is 1. The summed E-state index contributed by atoms with van der Waals surface area (Å²) in [6.07, 6.45) is -4.94. The zero-order chi connectivity index (χ0) is 13.2. The SMILES string of the molecule is Cc1cc(OC(F)(F)F)nc(CO)c1[N+](=O)[O-]. The predicted octanol–water partition coefficient (Wildman–Crippen LogP) is 1.69. The highest BCUT2D eigenvalue weighted by Crippen LogP contribution is 2.28. The third-order valence-electron chi connectivity index (χ3n) is 1.78. The third kappa shape index (κ3) is 3.28. The number of halogens is 3. The van der Waals surface area contributed by atoms with Crippen LogP contribution in [0.1, 0.15) is 11.3 Å². The molecular formula is C8H7F3N2O4. The van der Waals surface area contributed by atoms with Crippen molar-refractivity contribution in [3.8, 4) is 5.88 Å². The minimum Gasteiger partial charge on any atom is -0.390 e. The summed E-state index contributed by atoms with van der Waals surface area (Å²) in [5.41, 5.74) is -1.08. The molecule has 0 bridgehead atoms. The first-order chi connectivity index (χ1) is 7.74. The molecule has 94 valence electrons. The van der Waals surface area contributed by atoms with E-state index in [-0.39, 0.29) is 5.56 Å². The molecule has 0 amide bonds. The smallest absolute Gasteiger partial charge is 0.390 e. The van der Waals surface area contributed by atoms with Gasteiger partial charge in [-0.1, -0.05) is 0 Å². The molecule has 0 radical (unpaired) electrons. The Morgan fingerprint density at radius 2 is 2.18 bits per heavy atom. The maximum atomic E-state index is 11.9. The summed E-state index contributed by atoms with van der Waals surface area (Å²) in [4.78, 5) is 13.0. The van der Waals surface area contributed by atoms with Crippen LogP contribution in [0.4, 0.5) is 18.9 Å². The number of aromatic nitrogens is 1. The number of alkyl halides is 3. The van der Waals surface area contributed by atoms with Crippen molar-refractivity contribution in [3.63, 3.8) is 0 Å². The second kappa shape index (κ2) is 4.53. The van der Waals surface area contributed by atoms with E-state index in [9.17, 15) is 23.3 Å². The fraction of sp³-hybridized carbons (Fsp3) is 0.375. The van der Waals surface area contributed by atoms with Crippen LogP contribution >= 0.6 is 0 Å². The van der Waals surface area contributed by atoms with Crippen molar-refractivity contribution in [1.29, 1.82) is 0 Å². The lowest BCUT2D eigenvalue weighted by molar-refractivity contribution is -0.386. The van der Waals surface area contributed by atoms with E-state index in [0.717, 1.165) is 6.07 Å². The van der Waals surface area contributed by atoms with Gasteiger partial charge in [0.2, 0.25) is 5.88 Å². The molecule has 0 saturated carbocycles. The Morgan fingerprint density at radius 1 is 1.59 bits per heavy atom. The van der Waals surface area contributed by atoms with Crippen LogP contribution in [-0.4, -0.2) is 21.4 Å². The van der Waals surface area contributed by atoms with Crippen LogP contribution in [-0.2, 0) is 6.61 Å². The molecule has 17 heavy (non-hydrogen) atoms. The molecule has 0 aliphatic rings. The van der Waals surface area contributed by atoms with Gasteiger partial charge in [-0.05, 0) is 6.92 Å². The molecular weight excluding hydrogens is 245 g/mol. The molecule has 0 aliphatic heterocycles. The van der Waals surface area contributed by atoms with Gasteiger partial charge in [0.25, 0.3) is 5.69 Å². The van der Waals surface area contributed by atoms with Gasteiger partial charge in [-0.2, -0.15) is 0 Å². The van der Waals surface area contributed by atoms with Crippen LogP contribution in [0.2, 0.25) is 0 Å². The van der Waals surface area contributed by atoms with Crippen molar-refractivity contribution in [2.45, 2.75) is 19.9 Å². The Kier molecular flexibility index (Phi) is 3.51. The first-order valence-corrected chi connectivity index (χ1v) is 4.26. The Hall–Kier alpha value is -1.90. The number of hydrogen-bond donors (Lipinski definition) is 1. The average Bonchev–Trinajstić information content (AvgIpc) is 2.12. The molecule has 1 N–H and O–H groups in total. The summed E-state index contributed by atoms with van der Waals surface area (Å²) in [5, 5.41) is 19.4. The Balaban J connectivity index is 3.23. The van der Waals surface area contributed by atoms with Gasteiger partial charge in [0.15, 0.2) is 0 Å². The minimum absolute atomic E-state index is 0.0756. The zero-order valence-electron chi connectivity index (χ0n) is 8.48. The maximum Gasteiger partial charge on any atom is 0.574 e. The van der Waals surface area contributed by atoms with E-state index in [1.807, 2.05) is 0 Å². The van der Waals surface area contributed by atoms with Crippen molar-refractivity contribution < 1.29 is 27.9 Å². The first kappa shape index (κ1) is 13.2. The van der Waals surface area contributed by atoms with E-state index in [1.54, 1.807) is 0 Å². The summed E-state index contributed by atoms with van der Waals surface area (Å²) in [7, 11) is 0. The van der Waals surface area contributed by atoms with Crippen LogP contribution in [0.5, 0.6) is 5.88 Å². The van der Waals surface area contributed by atoms with Crippen LogP contribution in [0.25, 0.3) is 0 Å². The predicted molar refractivity (Wildman–Crippen MR) is 48.2 cm³/mol. The molecule has 1 rings (SSSR count). The van der Waals surface area contributed by atoms with Gasteiger partial charge in [0, 0.05) is 11.6 Å². The Labute approximate surface area is 92.8 Å². The van der Waals surface area contributed by atoms with Crippen molar-refractivity contribution in [2.75, 3.05) is 0 Å². The van der Waals surface area contributed by atoms with Gasteiger partial charge < -0.3 is 9.84 Å². The van der Waals surface area contributed by atoms with Crippen LogP contribution in [0.15, 0.2) is 6.07 Å². The quantitative estimate of drug-likeness (QED) is 0.653. The molecule has 0 aliphatic carbocycles. The van der Waals surface area contributed by atoms with Gasteiger partial charge in [0.1, 0.15) is 5.69 Å². The molecule has 1 heterocycles. The molecule has 6 nitrogen and oxygen atoms in total. The Morgan fingerprint density at radius 3 is 2.59 bits per heavy atom. The number of aryl methyl sites for hydroxylation is 1. The molecule has 9 heteroatoms. The highest BCUT2D eigenvalue weighted by atomic mass is 19.4. The van der Waals surface area contributed by atoms with Crippen molar-refractivity contribution in [2.24, 2.45) is 0 Å². The number of ether oxygens (including phenoxy) is 1. The third-order valence-corrected chi connectivity index (χ3v) is 1.78. The molecule has 0 atom stereocenters. The van der Waals surface area contributed by atoms with Crippen LogP contribution in [0.3, 0.4) is 0 Å². The molecule has 0 saturated heterocycles. The summed E-state index contributed by atoms with van der Waals surface area (Å²) >= 11 is 0. The zero-order valence-corrected chi connectivity index (χ0v) is 8.48. The average molecular weight is 252 g/mol. The number of aliphatic hydroxyl groups is 1. The standard InChI is InChI=1S/C8H7F3N2O4/c1-4-2-6(17-8(9,10)11)12-5(3-14)7(4)13(15)16/h2,14H,3H2,1H3. The second-order valence-corrected chi connectivity index (χ2v) is 3.04. The fourth-order valence-electron chi connectivity index (χ4n) is 1.23. The van der Waals surface area contributed by atoms with E-state index in [2.05, 4.69) is 9.72 Å². The summed E-state index contributed by atoms with van der Waals surface area (Å²) in [6, 6.07) is 0.783. The minimum atomic E-state index is -4.94. The lowest BCUT2D eigenvalue weighted by Gasteiger charge is -2.10. The molecule has 0 aromatic carbocycles. The molecule has 0 spiro atoms. The summed E-state index contributed by atoms with van der Waals surface area (Å²) < 4.78 is 39.2. The summed E-state index contributed by atoms with van der Waals surface area (Å²) in [5.74, 6) is -0.843. The van der Waals surface area contributed by atoms with Crippen LogP contribution in [0, 0.1) is 17.0 Å². The monoisotopic (exact) mass is 252 g/mol. The highest BCUT2D eigenvalue weighted by Gasteiger charge is 2.33. The lowest BCUT2D eigenvalue weighted by atomic mass is 10.2. The molecule has 0 unspecified atom stereocenters. The largest absolute Gasteiger partial charge is 0.574 e. The van der Waals surface area contributed by atoms with E-state index < -0.39 is 35.2 Å². The number of pyridine rings is 1. The molecule has 1 aromatic heterocycles. The summed E-state index contributed by atoms with van der Waals surface area (Å²) in [6.45, 7) is 0.369. The normalized spacial score (nSPS) is 11.4. The first-order valence-electron chi connectivity index (χ1n) is 4.26. The molecule has 1 aromatic rings. The van der Waals surface area contributed by atoms with Crippen LogP contribution < -0.4 is 4.74 Å². The van der Waals surface area contributed by atoms with E-state index in [4.69, 9.17) is 5.11 Å². The number of hydrogen-bond acceptors (Lipinski definition) is 5. The van der Waals surface area contributed by atoms with Gasteiger partial charge >= 0.3 is 6.36 Å². The van der Waals surface area contributed by atoms with Gasteiger partial charge in [0.05, 0.1) is 11.5 Å². The lowest BCUT2D eigenvalue weighted by Crippen LogP contribution is -2.18. The van der Waals surface area contributed by atoms with E-state index >= 15 is 0 Å². The fourth-order valence-corrected chi connectivity index (χ4v) is 1.23.